The van der Waals surface area contributed by atoms with E-state index in [1.165, 1.54) is 53.6 Å². The van der Waals surface area contributed by atoms with Crippen molar-refractivity contribution >= 4 is 66.0 Å². The van der Waals surface area contributed by atoms with Crippen LogP contribution in [0.25, 0.3) is 64.4 Å². The van der Waals surface area contributed by atoms with Gasteiger partial charge in [-0.2, -0.15) is 0 Å². The number of hydrogen-bond acceptors (Lipinski definition) is 4. The Hall–Kier alpha value is -4.68. The first-order chi connectivity index (χ1) is 21.4. The zero-order valence-corrected chi connectivity index (χ0v) is 25.7. The fraction of sp³-hybridized carbons (Fsp3) is 0.0769. The first-order valence-corrected chi connectivity index (χ1v) is 15.6. The molecule has 214 valence electrons. The Kier molecular flexibility index (Phi) is 7.31. The lowest BCUT2D eigenvalue weighted by atomic mass is 9.79. The minimum atomic E-state index is -1.51. The van der Waals surface area contributed by atoms with Crippen LogP contribution >= 0.6 is 11.3 Å². The SMILES string of the molecule is Cc1cccc2c1oc1c(B(O)O)cccc12.Cc1ccccc1-c1c(C)ccc2c1sc1c(-c3ccccc3)cccc12. The van der Waals surface area contributed by atoms with Crippen LogP contribution < -0.4 is 5.46 Å². The van der Waals surface area contributed by atoms with Gasteiger partial charge in [-0.1, -0.05) is 121 Å². The normalized spacial score (nSPS) is 11.3. The molecule has 2 heterocycles. The van der Waals surface area contributed by atoms with Crippen molar-refractivity contribution in [2.45, 2.75) is 20.8 Å². The summed E-state index contributed by atoms with van der Waals surface area (Å²) < 4.78 is 8.52. The summed E-state index contributed by atoms with van der Waals surface area (Å²) >= 11 is 1.93. The zero-order chi connectivity index (χ0) is 30.4. The molecule has 8 aromatic rings. The molecule has 0 saturated carbocycles. The van der Waals surface area contributed by atoms with Crippen LogP contribution in [0.4, 0.5) is 0 Å². The zero-order valence-electron chi connectivity index (χ0n) is 24.8. The molecule has 0 aliphatic rings. The molecule has 2 aromatic heterocycles. The minimum Gasteiger partial charge on any atom is -0.456 e. The van der Waals surface area contributed by atoms with Gasteiger partial charge in [-0.05, 0) is 54.2 Å². The predicted octanol–water partition coefficient (Wildman–Crippen LogP) is 9.58. The first-order valence-electron chi connectivity index (χ1n) is 14.8. The Bertz CT molecular complexity index is 2300. The van der Waals surface area contributed by atoms with Crippen molar-refractivity contribution in [1.82, 2.24) is 0 Å². The minimum absolute atomic E-state index is 0.401. The summed E-state index contributed by atoms with van der Waals surface area (Å²) in [6.07, 6.45) is 0. The molecule has 0 aliphatic heterocycles. The highest BCUT2D eigenvalue weighted by molar-refractivity contribution is 7.26. The van der Waals surface area contributed by atoms with E-state index < -0.39 is 7.12 Å². The van der Waals surface area contributed by atoms with E-state index in [1.54, 1.807) is 12.1 Å². The third-order valence-corrected chi connectivity index (χ3v) is 9.68. The van der Waals surface area contributed by atoms with Crippen molar-refractivity contribution in [3.05, 3.63) is 138 Å². The van der Waals surface area contributed by atoms with Crippen LogP contribution in [-0.4, -0.2) is 17.2 Å². The summed E-state index contributed by atoms with van der Waals surface area (Å²) in [7, 11) is -1.51. The Morgan fingerprint density at radius 3 is 1.89 bits per heavy atom. The van der Waals surface area contributed by atoms with E-state index in [4.69, 9.17) is 4.42 Å². The van der Waals surface area contributed by atoms with Crippen LogP contribution in [0.5, 0.6) is 0 Å². The number of fused-ring (bicyclic) bond motifs is 6. The number of aryl methyl sites for hydroxylation is 3. The highest BCUT2D eigenvalue weighted by Gasteiger charge is 2.19. The molecule has 5 heteroatoms. The maximum atomic E-state index is 9.31. The van der Waals surface area contributed by atoms with Crippen LogP contribution in [0.1, 0.15) is 16.7 Å². The second kappa shape index (κ2) is 11.4. The van der Waals surface area contributed by atoms with Gasteiger partial charge in [0.25, 0.3) is 0 Å². The van der Waals surface area contributed by atoms with Gasteiger partial charge in [-0.25, -0.2) is 0 Å². The Morgan fingerprint density at radius 2 is 1.11 bits per heavy atom. The maximum absolute atomic E-state index is 9.31. The van der Waals surface area contributed by atoms with E-state index in [2.05, 4.69) is 98.8 Å². The van der Waals surface area contributed by atoms with Crippen molar-refractivity contribution in [3.8, 4) is 22.3 Å². The van der Waals surface area contributed by atoms with Gasteiger partial charge in [0.1, 0.15) is 11.2 Å². The first kappa shape index (κ1) is 28.1. The van der Waals surface area contributed by atoms with Gasteiger partial charge in [0.2, 0.25) is 0 Å². The fourth-order valence-electron chi connectivity index (χ4n) is 6.18. The molecule has 0 amide bonds. The van der Waals surface area contributed by atoms with Crippen LogP contribution in [0.3, 0.4) is 0 Å². The average Bonchev–Trinajstić information content (AvgIpc) is 3.62. The molecule has 0 saturated heterocycles. The number of para-hydroxylation sites is 2. The Labute approximate surface area is 260 Å². The molecule has 3 nitrogen and oxygen atoms in total. The fourth-order valence-corrected chi connectivity index (χ4v) is 7.63. The highest BCUT2D eigenvalue weighted by atomic mass is 32.1. The molecule has 0 aliphatic carbocycles. The summed E-state index contributed by atoms with van der Waals surface area (Å²) in [6, 6.07) is 42.0. The second-order valence-corrected chi connectivity index (χ2v) is 12.3. The summed E-state index contributed by atoms with van der Waals surface area (Å²) in [5.41, 5.74) is 10.8. The van der Waals surface area contributed by atoms with Crippen LogP contribution in [0.15, 0.2) is 126 Å². The molecule has 0 unspecified atom stereocenters. The van der Waals surface area contributed by atoms with E-state index >= 15 is 0 Å². The quantitative estimate of drug-likeness (QED) is 0.202. The molecular weight excluding hydrogens is 559 g/mol. The number of benzene rings is 6. The van der Waals surface area contributed by atoms with Crippen molar-refractivity contribution < 1.29 is 14.5 Å². The standard InChI is InChI=1S/C26H20S.C13H11BO3/c1-17-9-6-7-12-20(17)24-18(2)15-16-23-22-14-8-13-21(25(22)27-26(23)24)19-10-4-3-5-11-19;1-8-4-2-5-9-10-6-3-7-11(14(15)16)13(10)17-12(8)9/h3-16H,1-2H3;2-7,15-16H,1H3. The molecular formula is C39H31BO3S. The summed E-state index contributed by atoms with van der Waals surface area (Å²) in [4.78, 5) is 0. The molecule has 0 fully saturated rings. The van der Waals surface area contributed by atoms with Gasteiger partial charge in [-0.15, -0.1) is 11.3 Å². The molecule has 0 atom stereocenters. The second-order valence-electron chi connectivity index (χ2n) is 11.3. The van der Waals surface area contributed by atoms with E-state index in [0.717, 1.165) is 21.9 Å². The van der Waals surface area contributed by atoms with E-state index in [9.17, 15) is 10.0 Å². The molecule has 44 heavy (non-hydrogen) atoms. The lowest BCUT2D eigenvalue weighted by Crippen LogP contribution is -2.29. The van der Waals surface area contributed by atoms with E-state index in [-0.39, 0.29) is 0 Å². The van der Waals surface area contributed by atoms with Crippen LogP contribution in [0, 0.1) is 20.8 Å². The largest absolute Gasteiger partial charge is 0.492 e. The van der Waals surface area contributed by atoms with Crippen molar-refractivity contribution in [2.75, 3.05) is 0 Å². The van der Waals surface area contributed by atoms with Crippen LogP contribution in [0.2, 0.25) is 0 Å². The lowest BCUT2D eigenvalue weighted by molar-refractivity contribution is 0.425. The number of thiophene rings is 1. The predicted molar refractivity (Wildman–Crippen MR) is 188 cm³/mol. The lowest BCUT2D eigenvalue weighted by Gasteiger charge is -2.10. The third-order valence-electron chi connectivity index (χ3n) is 8.40. The van der Waals surface area contributed by atoms with Gasteiger partial charge in [-0.3, -0.25) is 0 Å². The van der Waals surface area contributed by atoms with Gasteiger partial charge < -0.3 is 14.5 Å². The number of rotatable bonds is 3. The molecule has 8 rings (SSSR count). The molecule has 2 N–H and O–H groups in total. The summed E-state index contributed by atoms with van der Waals surface area (Å²) in [5, 5.41) is 23.2. The van der Waals surface area contributed by atoms with Crippen LogP contribution in [-0.2, 0) is 0 Å². The summed E-state index contributed by atoms with van der Waals surface area (Å²) in [5.74, 6) is 0. The highest BCUT2D eigenvalue weighted by Crippen LogP contribution is 2.45. The molecule has 0 bridgehead atoms. The van der Waals surface area contributed by atoms with E-state index in [0.29, 0.717) is 11.0 Å². The van der Waals surface area contributed by atoms with Gasteiger partial charge >= 0.3 is 7.12 Å². The smallest absolute Gasteiger partial charge is 0.456 e. The molecule has 0 spiro atoms. The van der Waals surface area contributed by atoms with Gasteiger partial charge in [0.15, 0.2) is 0 Å². The summed E-state index contributed by atoms with van der Waals surface area (Å²) in [6.45, 7) is 6.40. The van der Waals surface area contributed by atoms with E-state index in [1.807, 2.05) is 42.5 Å². The van der Waals surface area contributed by atoms with Crippen molar-refractivity contribution in [2.24, 2.45) is 0 Å². The number of hydrogen-bond donors (Lipinski definition) is 2. The molecule has 6 aromatic carbocycles. The monoisotopic (exact) mass is 590 g/mol. The number of furan rings is 1. The van der Waals surface area contributed by atoms with Crippen molar-refractivity contribution in [3.63, 3.8) is 0 Å². The van der Waals surface area contributed by atoms with Crippen molar-refractivity contribution in [1.29, 1.82) is 0 Å². The molecule has 0 radical (unpaired) electrons. The Balaban J connectivity index is 0.000000158. The topological polar surface area (TPSA) is 53.6 Å². The third kappa shape index (κ3) is 4.80. The van der Waals surface area contributed by atoms with Gasteiger partial charge in [0, 0.05) is 42.0 Å². The maximum Gasteiger partial charge on any atom is 0.492 e. The van der Waals surface area contributed by atoms with Gasteiger partial charge in [0.05, 0.1) is 0 Å². The average molecular weight is 591 g/mol. The Morgan fingerprint density at radius 1 is 0.500 bits per heavy atom.